The van der Waals surface area contributed by atoms with E-state index >= 15 is 0 Å². The number of nitrogens with one attached hydrogen (secondary N) is 1. The van der Waals surface area contributed by atoms with Crippen LogP contribution in [-0.2, 0) is 20.0 Å². The fourth-order valence-electron chi connectivity index (χ4n) is 3.70. The van der Waals surface area contributed by atoms with Gasteiger partial charge in [-0.2, -0.15) is 5.10 Å². The Labute approximate surface area is 219 Å². The molecule has 3 aromatic carbocycles. The molecule has 0 saturated carbocycles. The number of hydrogen-bond acceptors (Lipinski definition) is 6. The molecule has 0 unspecified atom stereocenters. The summed E-state index contributed by atoms with van der Waals surface area (Å²) >= 11 is 5.88. The number of aliphatic imine (C=N–C) groups is 1. The van der Waals surface area contributed by atoms with Gasteiger partial charge >= 0.3 is 0 Å². The molecule has 37 heavy (non-hydrogen) atoms. The van der Waals surface area contributed by atoms with Crippen LogP contribution in [0.3, 0.4) is 0 Å². The van der Waals surface area contributed by atoms with Gasteiger partial charge in [0.25, 0.3) is 10.0 Å². The molecular weight excluding hydrogens is 541 g/mol. The summed E-state index contributed by atoms with van der Waals surface area (Å²) in [5, 5.41) is 11.4. The summed E-state index contributed by atoms with van der Waals surface area (Å²) < 4.78 is 65.2. The third kappa shape index (κ3) is 6.92. The highest BCUT2D eigenvalue weighted by atomic mass is 35.5. The third-order valence-electron chi connectivity index (χ3n) is 5.49. The first-order chi connectivity index (χ1) is 17.5. The lowest BCUT2D eigenvalue weighted by atomic mass is 9.91. The average Bonchev–Trinajstić information content (AvgIpc) is 3.29. The normalized spacial score (nSPS) is 16.5. The molecule has 4 rings (SSSR count). The Hall–Kier alpha value is -3.32. The van der Waals surface area contributed by atoms with Crippen molar-refractivity contribution in [3.05, 3.63) is 101 Å². The summed E-state index contributed by atoms with van der Waals surface area (Å²) in [5.41, 5.74) is 2.11. The van der Waals surface area contributed by atoms with E-state index in [0.29, 0.717) is 16.3 Å². The molecule has 1 heterocycles. The number of primary sulfonamides is 1. The minimum absolute atomic E-state index is 0.0717. The highest BCUT2D eigenvalue weighted by molar-refractivity contribution is 7.90. The van der Waals surface area contributed by atoms with Gasteiger partial charge in [-0.1, -0.05) is 54.1 Å². The number of hydrogen-bond donors (Lipinski definition) is 2. The molecule has 0 aliphatic carbocycles. The minimum atomic E-state index is -4.13. The van der Waals surface area contributed by atoms with Gasteiger partial charge in [-0.3, -0.25) is 0 Å². The standard InChI is InChI=1S/C24H23ClFN5O4S2/c25-19-8-12-21(13-9-19)37(34,35)30-24(28-14-15-36(27,32)33)31-16-22(17-4-2-1-3-5-17)23(29-31)18-6-10-20(26)11-7-18/h1-13,22H,14-16H2,(H,28,30)(H2,27,32,33)/t22-/m1/s1. The predicted molar refractivity (Wildman–Crippen MR) is 141 cm³/mol. The highest BCUT2D eigenvalue weighted by Gasteiger charge is 2.33. The lowest BCUT2D eigenvalue weighted by molar-refractivity contribution is 0.461. The lowest BCUT2D eigenvalue weighted by Crippen LogP contribution is -2.41. The molecule has 1 aliphatic heterocycles. The van der Waals surface area contributed by atoms with Crippen LogP contribution < -0.4 is 9.86 Å². The summed E-state index contributed by atoms with van der Waals surface area (Å²) in [4.78, 5) is 4.12. The molecule has 1 aliphatic rings. The molecule has 0 bridgehead atoms. The van der Waals surface area contributed by atoms with Crippen LogP contribution in [0, 0.1) is 5.82 Å². The topological polar surface area (TPSA) is 134 Å². The Balaban J connectivity index is 1.73. The van der Waals surface area contributed by atoms with E-state index in [1.807, 2.05) is 30.3 Å². The SMILES string of the molecule is NS(=O)(=O)CCN=C(NS(=O)(=O)c1ccc(Cl)cc1)N1C[C@H](c2ccccc2)C(c2ccc(F)cc2)=N1. The van der Waals surface area contributed by atoms with Crippen molar-refractivity contribution in [3.63, 3.8) is 0 Å². The van der Waals surface area contributed by atoms with Gasteiger partial charge in [0.2, 0.25) is 16.0 Å². The van der Waals surface area contributed by atoms with E-state index in [0.717, 1.165) is 5.56 Å². The first-order valence-electron chi connectivity index (χ1n) is 11.0. The summed E-state index contributed by atoms with van der Waals surface area (Å²) in [6.45, 7) is -0.112. The fraction of sp³-hybridized carbons (Fsp3) is 0.167. The Morgan fingerprint density at radius 2 is 1.68 bits per heavy atom. The van der Waals surface area contributed by atoms with Crippen molar-refractivity contribution < 1.29 is 21.2 Å². The molecule has 0 amide bonds. The first-order valence-corrected chi connectivity index (χ1v) is 14.6. The van der Waals surface area contributed by atoms with E-state index in [9.17, 15) is 21.2 Å². The molecule has 3 N–H and O–H groups in total. The second-order valence-corrected chi connectivity index (χ2v) is 12.0. The van der Waals surface area contributed by atoms with Gasteiger partial charge < -0.3 is 0 Å². The highest BCUT2D eigenvalue weighted by Crippen LogP contribution is 2.29. The van der Waals surface area contributed by atoms with Crippen LogP contribution in [-0.4, -0.2) is 52.4 Å². The van der Waals surface area contributed by atoms with Crippen molar-refractivity contribution in [1.29, 1.82) is 0 Å². The van der Waals surface area contributed by atoms with Crippen molar-refractivity contribution in [2.75, 3.05) is 18.8 Å². The number of hydrazone groups is 1. The number of benzene rings is 3. The maximum atomic E-state index is 13.6. The molecule has 9 nitrogen and oxygen atoms in total. The molecule has 13 heteroatoms. The van der Waals surface area contributed by atoms with Crippen molar-refractivity contribution in [2.45, 2.75) is 10.8 Å². The molecular formula is C24H23ClFN5O4S2. The van der Waals surface area contributed by atoms with Crippen LogP contribution in [0.4, 0.5) is 4.39 Å². The number of nitrogens with two attached hydrogens (primary N) is 1. The summed E-state index contributed by atoms with van der Waals surface area (Å²) in [5.74, 6) is -1.40. The molecule has 0 spiro atoms. The Morgan fingerprint density at radius 3 is 2.30 bits per heavy atom. The Bertz CT molecular complexity index is 1530. The maximum Gasteiger partial charge on any atom is 0.264 e. The second kappa shape index (κ2) is 11.0. The molecule has 1 atom stereocenters. The van der Waals surface area contributed by atoms with E-state index in [1.165, 1.54) is 41.4 Å². The van der Waals surface area contributed by atoms with Crippen molar-refractivity contribution >= 4 is 43.3 Å². The fourth-order valence-corrected chi connectivity index (χ4v) is 5.19. The summed E-state index contributed by atoms with van der Waals surface area (Å²) in [7, 11) is -7.97. The first kappa shape index (κ1) is 26.7. The van der Waals surface area contributed by atoms with E-state index in [4.69, 9.17) is 16.7 Å². The van der Waals surface area contributed by atoms with Gasteiger partial charge in [0, 0.05) is 10.9 Å². The largest absolute Gasteiger partial charge is 0.264 e. The van der Waals surface area contributed by atoms with Gasteiger partial charge in [-0.15, -0.1) is 0 Å². The number of nitrogens with zero attached hydrogens (tertiary/aromatic N) is 3. The van der Waals surface area contributed by atoms with E-state index in [1.54, 1.807) is 12.1 Å². The molecule has 0 fully saturated rings. The van der Waals surface area contributed by atoms with Gasteiger partial charge in [-0.05, 0) is 47.5 Å². The van der Waals surface area contributed by atoms with Gasteiger partial charge in [0.05, 0.1) is 29.4 Å². The number of sulfonamides is 2. The number of guanidine groups is 1. The smallest absolute Gasteiger partial charge is 0.250 e. The zero-order valence-electron chi connectivity index (χ0n) is 19.3. The molecule has 0 radical (unpaired) electrons. The van der Waals surface area contributed by atoms with Crippen molar-refractivity contribution in [1.82, 2.24) is 9.73 Å². The van der Waals surface area contributed by atoms with E-state index < -0.39 is 31.6 Å². The molecule has 3 aromatic rings. The van der Waals surface area contributed by atoms with Crippen LogP contribution in [0.1, 0.15) is 17.0 Å². The Morgan fingerprint density at radius 1 is 1.03 bits per heavy atom. The average molecular weight is 564 g/mol. The van der Waals surface area contributed by atoms with E-state index in [2.05, 4.69) is 14.8 Å². The number of halogens is 2. The molecule has 0 aromatic heterocycles. The van der Waals surface area contributed by atoms with E-state index in [-0.39, 0.29) is 29.9 Å². The third-order valence-corrected chi connectivity index (χ3v) is 7.84. The van der Waals surface area contributed by atoms with Gasteiger partial charge in [0.15, 0.2) is 0 Å². The van der Waals surface area contributed by atoms with Crippen LogP contribution in [0.25, 0.3) is 0 Å². The predicted octanol–water partition coefficient (Wildman–Crippen LogP) is 2.91. The van der Waals surface area contributed by atoms with Crippen LogP contribution in [0.2, 0.25) is 5.02 Å². The zero-order valence-corrected chi connectivity index (χ0v) is 21.7. The van der Waals surface area contributed by atoms with Crippen molar-refractivity contribution in [3.8, 4) is 0 Å². The van der Waals surface area contributed by atoms with Crippen molar-refractivity contribution in [2.24, 2.45) is 15.2 Å². The molecule has 0 saturated heterocycles. The minimum Gasteiger partial charge on any atom is -0.250 e. The maximum absolute atomic E-state index is 13.6. The van der Waals surface area contributed by atoms with Gasteiger partial charge in [0.1, 0.15) is 5.82 Å². The monoisotopic (exact) mass is 563 g/mol. The second-order valence-electron chi connectivity index (χ2n) is 8.17. The van der Waals surface area contributed by atoms with Crippen LogP contribution in [0.15, 0.2) is 93.9 Å². The van der Waals surface area contributed by atoms with Crippen LogP contribution >= 0.6 is 11.6 Å². The lowest BCUT2D eigenvalue weighted by Gasteiger charge is -2.20. The summed E-state index contributed by atoms with van der Waals surface area (Å²) in [6, 6.07) is 20.7. The Kier molecular flexibility index (Phi) is 7.93. The zero-order chi connectivity index (χ0) is 26.6. The summed E-state index contributed by atoms with van der Waals surface area (Å²) in [6.07, 6.45) is 0. The van der Waals surface area contributed by atoms with Gasteiger partial charge in [-0.25, -0.2) is 41.1 Å². The molecule has 194 valence electrons. The number of rotatable bonds is 7. The quantitative estimate of drug-likeness (QED) is 0.337. The van der Waals surface area contributed by atoms with Crippen LogP contribution in [0.5, 0.6) is 0 Å².